The first-order valence-electron chi connectivity index (χ1n) is 6.18. The molecule has 2 aromatic rings. The van der Waals surface area contributed by atoms with Crippen LogP contribution in [-0.2, 0) is 6.54 Å². The van der Waals surface area contributed by atoms with Gasteiger partial charge in [0, 0.05) is 24.8 Å². The Balaban J connectivity index is 2.23. The van der Waals surface area contributed by atoms with Gasteiger partial charge in [-0.15, -0.1) is 0 Å². The van der Waals surface area contributed by atoms with E-state index in [1.165, 1.54) is 7.11 Å². The Labute approximate surface area is 117 Å². The summed E-state index contributed by atoms with van der Waals surface area (Å²) < 4.78 is 19.1. The Kier molecular flexibility index (Phi) is 4.21. The smallest absolute Gasteiger partial charge is 0.170 e. The number of anilines is 1. The highest BCUT2D eigenvalue weighted by molar-refractivity contribution is 5.51. The minimum Gasteiger partial charge on any atom is -0.494 e. The second kappa shape index (κ2) is 6.07. The molecule has 0 unspecified atom stereocenters. The summed E-state index contributed by atoms with van der Waals surface area (Å²) in [6, 6.07) is 14.4. The summed E-state index contributed by atoms with van der Waals surface area (Å²) >= 11 is 0. The van der Waals surface area contributed by atoms with E-state index in [0.717, 1.165) is 5.69 Å². The van der Waals surface area contributed by atoms with E-state index in [1.807, 2.05) is 24.1 Å². The predicted octanol–water partition coefficient (Wildman–Crippen LogP) is 3.34. The molecular weight excluding hydrogens is 255 g/mol. The molecule has 0 bridgehead atoms. The van der Waals surface area contributed by atoms with Gasteiger partial charge in [0.2, 0.25) is 0 Å². The van der Waals surface area contributed by atoms with Crippen molar-refractivity contribution in [2.24, 2.45) is 0 Å². The molecule has 0 aliphatic heterocycles. The van der Waals surface area contributed by atoms with Crippen LogP contribution in [0.3, 0.4) is 0 Å². The summed E-state index contributed by atoms with van der Waals surface area (Å²) in [6.45, 7) is 0.401. The largest absolute Gasteiger partial charge is 0.494 e. The van der Waals surface area contributed by atoms with E-state index >= 15 is 0 Å². The van der Waals surface area contributed by atoms with Crippen molar-refractivity contribution < 1.29 is 9.13 Å². The van der Waals surface area contributed by atoms with Crippen molar-refractivity contribution in [2.45, 2.75) is 6.54 Å². The maximum atomic E-state index is 14.1. The van der Waals surface area contributed by atoms with Crippen LogP contribution in [0.4, 0.5) is 10.1 Å². The molecule has 0 radical (unpaired) electrons. The SMILES string of the molecule is COc1cccc(CN(C)c2cccc(C#N)c2)c1F. The molecule has 0 amide bonds. The number of nitrogens with zero attached hydrogens (tertiary/aromatic N) is 2. The van der Waals surface area contributed by atoms with Crippen molar-refractivity contribution in [1.29, 1.82) is 5.26 Å². The number of hydrogen-bond donors (Lipinski definition) is 0. The van der Waals surface area contributed by atoms with E-state index < -0.39 is 0 Å². The Morgan fingerprint density at radius 1 is 1.25 bits per heavy atom. The number of methoxy groups -OCH3 is 1. The van der Waals surface area contributed by atoms with Crippen molar-refractivity contribution in [3.8, 4) is 11.8 Å². The Morgan fingerprint density at radius 3 is 2.70 bits per heavy atom. The lowest BCUT2D eigenvalue weighted by molar-refractivity contribution is 0.384. The van der Waals surface area contributed by atoms with E-state index in [0.29, 0.717) is 17.7 Å². The van der Waals surface area contributed by atoms with Gasteiger partial charge in [-0.1, -0.05) is 18.2 Å². The van der Waals surface area contributed by atoms with Crippen LogP contribution in [0.2, 0.25) is 0 Å². The van der Waals surface area contributed by atoms with Crippen LogP contribution in [-0.4, -0.2) is 14.2 Å². The monoisotopic (exact) mass is 270 g/mol. The van der Waals surface area contributed by atoms with Gasteiger partial charge in [0.25, 0.3) is 0 Å². The van der Waals surface area contributed by atoms with Gasteiger partial charge in [-0.05, 0) is 24.3 Å². The van der Waals surface area contributed by atoms with Gasteiger partial charge in [0.05, 0.1) is 18.7 Å². The second-order valence-electron chi connectivity index (χ2n) is 4.45. The van der Waals surface area contributed by atoms with Gasteiger partial charge in [0.15, 0.2) is 11.6 Å². The predicted molar refractivity (Wildman–Crippen MR) is 76.2 cm³/mol. The van der Waals surface area contributed by atoms with E-state index in [2.05, 4.69) is 6.07 Å². The van der Waals surface area contributed by atoms with Crippen LogP contribution >= 0.6 is 0 Å². The summed E-state index contributed by atoms with van der Waals surface area (Å²) in [4.78, 5) is 1.89. The van der Waals surface area contributed by atoms with Crippen LogP contribution in [0, 0.1) is 17.1 Å². The molecule has 0 aromatic heterocycles. The first-order chi connectivity index (χ1) is 9.65. The molecule has 0 aliphatic rings. The first-order valence-corrected chi connectivity index (χ1v) is 6.18. The number of ether oxygens (including phenoxy) is 1. The summed E-state index contributed by atoms with van der Waals surface area (Å²) in [7, 11) is 3.30. The third-order valence-corrected chi connectivity index (χ3v) is 3.09. The zero-order chi connectivity index (χ0) is 14.5. The molecule has 0 atom stereocenters. The van der Waals surface area contributed by atoms with Gasteiger partial charge in [0.1, 0.15) is 0 Å². The number of halogens is 1. The van der Waals surface area contributed by atoms with Crippen molar-refractivity contribution in [3.05, 3.63) is 59.4 Å². The Hall–Kier alpha value is -2.54. The quantitative estimate of drug-likeness (QED) is 0.855. The Morgan fingerprint density at radius 2 is 2.00 bits per heavy atom. The van der Waals surface area contributed by atoms with Crippen molar-refractivity contribution >= 4 is 5.69 Å². The number of hydrogen-bond acceptors (Lipinski definition) is 3. The highest BCUT2D eigenvalue weighted by Crippen LogP contribution is 2.23. The summed E-state index contributed by atoms with van der Waals surface area (Å²) in [5, 5.41) is 8.90. The van der Waals surface area contributed by atoms with Gasteiger partial charge in [-0.3, -0.25) is 0 Å². The lowest BCUT2D eigenvalue weighted by atomic mass is 10.1. The van der Waals surface area contributed by atoms with E-state index in [1.54, 1.807) is 30.3 Å². The van der Waals surface area contributed by atoms with Gasteiger partial charge in [-0.2, -0.15) is 5.26 Å². The highest BCUT2D eigenvalue weighted by Gasteiger charge is 2.11. The van der Waals surface area contributed by atoms with Crippen molar-refractivity contribution in [1.82, 2.24) is 0 Å². The lowest BCUT2D eigenvalue weighted by Gasteiger charge is -2.20. The maximum Gasteiger partial charge on any atom is 0.170 e. The normalized spacial score (nSPS) is 9.90. The Bertz CT molecular complexity index is 649. The van der Waals surface area contributed by atoms with Gasteiger partial charge < -0.3 is 9.64 Å². The fourth-order valence-electron chi connectivity index (χ4n) is 2.00. The van der Waals surface area contributed by atoms with Crippen molar-refractivity contribution in [2.75, 3.05) is 19.1 Å². The highest BCUT2D eigenvalue weighted by atomic mass is 19.1. The standard InChI is InChI=1S/C16H15FN2O/c1-19(14-7-3-5-12(9-14)10-18)11-13-6-4-8-15(20-2)16(13)17/h3-9H,11H2,1-2H3. The molecule has 0 saturated heterocycles. The third kappa shape index (κ3) is 2.89. The first kappa shape index (κ1) is 13.9. The number of nitriles is 1. The average molecular weight is 270 g/mol. The molecule has 0 heterocycles. The van der Waals surface area contributed by atoms with E-state index in [9.17, 15) is 4.39 Å². The minimum atomic E-state index is -0.349. The van der Waals surface area contributed by atoms with Crippen LogP contribution in [0.25, 0.3) is 0 Å². The molecule has 4 heteroatoms. The topological polar surface area (TPSA) is 36.3 Å². The van der Waals surface area contributed by atoms with E-state index in [4.69, 9.17) is 10.00 Å². The average Bonchev–Trinajstić information content (AvgIpc) is 2.49. The molecule has 20 heavy (non-hydrogen) atoms. The lowest BCUT2D eigenvalue weighted by Crippen LogP contribution is -2.17. The molecule has 0 fully saturated rings. The molecule has 2 rings (SSSR count). The molecule has 0 saturated carbocycles. The molecule has 2 aromatic carbocycles. The van der Waals surface area contributed by atoms with Gasteiger partial charge >= 0.3 is 0 Å². The molecule has 3 nitrogen and oxygen atoms in total. The fraction of sp³-hybridized carbons (Fsp3) is 0.188. The molecule has 0 aliphatic carbocycles. The van der Waals surface area contributed by atoms with E-state index in [-0.39, 0.29) is 11.6 Å². The summed E-state index contributed by atoms with van der Waals surface area (Å²) in [5.41, 5.74) is 2.00. The summed E-state index contributed by atoms with van der Waals surface area (Å²) in [6.07, 6.45) is 0. The number of rotatable bonds is 4. The number of benzene rings is 2. The van der Waals surface area contributed by atoms with Crippen molar-refractivity contribution in [3.63, 3.8) is 0 Å². The molecular formula is C16H15FN2O. The third-order valence-electron chi connectivity index (χ3n) is 3.09. The zero-order valence-electron chi connectivity index (χ0n) is 11.4. The fourth-order valence-corrected chi connectivity index (χ4v) is 2.00. The van der Waals surface area contributed by atoms with Crippen LogP contribution in [0.15, 0.2) is 42.5 Å². The zero-order valence-corrected chi connectivity index (χ0v) is 11.4. The minimum absolute atomic E-state index is 0.238. The van der Waals surface area contributed by atoms with Crippen LogP contribution in [0.1, 0.15) is 11.1 Å². The van der Waals surface area contributed by atoms with Gasteiger partial charge in [-0.25, -0.2) is 4.39 Å². The summed E-state index contributed by atoms with van der Waals surface area (Å²) in [5.74, 6) is -0.111. The molecule has 0 N–H and O–H groups in total. The van der Waals surface area contributed by atoms with Crippen LogP contribution in [0.5, 0.6) is 5.75 Å². The maximum absolute atomic E-state index is 14.1. The molecule has 102 valence electrons. The molecule has 0 spiro atoms. The van der Waals surface area contributed by atoms with Crippen LogP contribution < -0.4 is 9.64 Å². The second-order valence-corrected chi connectivity index (χ2v) is 4.45.